The van der Waals surface area contributed by atoms with E-state index in [1.54, 1.807) is 6.07 Å². The molecule has 0 aliphatic rings. The molecule has 8 nitrogen and oxygen atoms in total. The van der Waals surface area contributed by atoms with E-state index in [4.69, 9.17) is 0 Å². The number of nitrogens with zero attached hydrogens (tertiary/aromatic N) is 7. The third-order valence-electron chi connectivity index (χ3n) is 2.90. The Kier molecular flexibility index (Phi) is 3.28. The number of anilines is 2. The number of nitrogens with one attached hydrogen (secondary N) is 1. The fraction of sp³-hybridized carbons (Fsp3) is 0.417. The van der Waals surface area contributed by atoms with Crippen molar-refractivity contribution in [2.45, 2.75) is 26.8 Å². The van der Waals surface area contributed by atoms with E-state index >= 15 is 0 Å². The van der Waals surface area contributed by atoms with E-state index in [2.05, 4.69) is 44.9 Å². The molecular formula is C12H16N8. The molecule has 0 fully saturated rings. The normalized spacial score (nSPS) is 11.3. The smallest absolute Gasteiger partial charge is 0.200 e. The van der Waals surface area contributed by atoms with Crippen LogP contribution in [0, 0.1) is 5.92 Å². The summed E-state index contributed by atoms with van der Waals surface area (Å²) in [4.78, 5) is 0. The number of fused-ring (bicyclic) bond motifs is 1. The molecule has 0 saturated carbocycles. The van der Waals surface area contributed by atoms with Gasteiger partial charge in [-0.05, 0) is 34.9 Å². The van der Waals surface area contributed by atoms with Gasteiger partial charge in [0.25, 0.3) is 0 Å². The van der Waals surface area contributed by atoms with Crippen LogP contribution >= 0.6 is 0 Å². The standard InChI is InChI=1S/C12H16N8/c1-9(2)5-7-19-8-6-11(15-19)13-10-3-4-12-14-17-18-20(12)16-10/h3-4,6,8-9H,5,7H2,1-2H3,(H,13,15,16). The van der Waals surface area contributed by atoms with Gasteiger partial charge in [-0.2, -0.15) is 5.10 Å². The maximum atomic E-state index is 4.45. The van der Waals surface area contributed by atoms with Crippen LogP contribution in [0.3, 0.4) is 0 Å². The van der Waals surface area contributed by atoms with Crippen molar-refractivity contribution >= 4 is 17.3 Å². The minimum atomic E-state index is 0.609. The van der Waals surface area contributed by atoms with E-state index in [0.717, 1.165) is 18.8 Å². The van der Waals surface area contributed by atoms with Gasteiger partial charge >= 0.3 is 0 Å². The van der Waals surface area contributed by atoms with Crippen LogP contribution in [0.25, 0.3) is 5.65 Å². The Morgan fingerprint density at radius 1 is 1.15 bits per heavy atom. The van der Waals surface area contributed by atoms with Crippen molar-refractivity contribution < 1.29 is 0 Å². The minimum absolute atomic E-state index is 0.609. The van der Waals surface area contributed by atoms with Crippen molar-refractivity contribution in [3.05, 3.63) is 24.4 Å². The van der Waals surface area contributed by atoms with Gasteiger partial charge < -0.3 is 5.32 Å². The van der Waals surface area contributed by atoms with Crippen molar-refractivity contribution in [1.29, 1.82) is 0 Å². The molecule has 0 atom stereocenters. The molecule has 0 aliphatic heterocycles. The summed E-state index contributed by atoms with van der Waals surface area (Å²) in [6.45, 7) is 5.32. The van der Waals surface area contributed by atoms with Crippen LogP contribution in [0.1, 0.15) is 20.3 Å². The molecule has 0 saturated heterocycles. The SMILES string of the molecule is CC(C)CCn1ccc(Nc2ccc3nnnn3n2)n1. The number of rotatable bonds is 5. The van der Waals surface area contributed by atoms with Crippen molar-refractivity contribution in [3.8, 4) is 0 Å². The number of aryl methyl sites for hydroxylation is 1. The maximum absolute atomic E-state index is 4.45. The number of hydrogen-bond donors (Lipinski definition) is 1. The van der Waals surface area contributed by atoms with Crippen LogP contribution in [-0.4, -0.2) is 35.0 Å². The Morgan fingerprint density at radius 2 is 2.00 bits per heavy atom. The summed E-state index contributed by atoms with van der Waals surface area (Å²) in [7, 11) is 0. The van der Waals surface area contributed by atoms with Gasteiger partial charge in [0.2, 0.25) is 0 Å². The maximum Gasteiger partial charge on any atom is 0.200 e. The average Bonchev–Trinajstić information content (AvgIpc) is 3.04. The highest BCUT2D eigenvalue weighted by molar-refractivity contribution is 5.52. The second kappa shape index (κ2) is 5.24. The first kappa shape index (κ1) is 12.5. The summed E-state index contributed by atoms with van der Waals surface area (Å²) in [5, 5.41) is 22.9. The van der Waals surface area contributed by atoms with Crippen LogP contribution in [0.4, 0.5) is 11.6 Å². The fourth-order valence-electron chi connectivity index (χ4n) is 1.79. The van der Waals surface area contributed by atoms with Crippen molar-refractivity contribution in [3.63, 3.8) is 0 Å². The highest BCUT2D eigenvalue weighted by Crippen LogP contribution is 2.12. The van der Waals surface area contributed by atoms with E-state index in [1.165, 1.54) is 4.63 Å². The van der Waals surface area contributed by atoms with Gasteiger partial charge in [0.1, 0.15) is 0 Å². The molecule has 0 aliphatic carbocycles. The predicted octanol–water partition coefficient (Wildman–Crippen LogP) is 1.51. The van der Waals surface area contributed by atoms with Gasteiger partial charge in [-0.15, -0.1) is 14.8 Å². The topological polar surface area (TPSA) is 85.8 Å². The molecule has 8 heteroatoms. The second-order valence-corrected chi connectivity index (χ2v) is 5.02. The summed E-state index contributed by atoms with van der Waals surface area (Å²) in [6, 6.07) is 5.54. The predicted molar refractivity (Wildman–Crippen MR) is 73.5 cm³/mol. The molecule has 0 bridgehead atoms. The van der Waals surface area contributed by atoms with Crippen molar-refractivity contribution in [2.24, 2.45) is 5.92 Å². The van der Waals surface area contributed by atoms with E-state index in [1.807, 2.05) is 23.0 Å². The lowest BCUT2D eigenvalue weighted by Crippen LogP contribution is -2.04. The van der Waals surface area contributed by atoms with Crippen LogP contribution in [0.5, 0.6) is 0 Å². The van der Waals surface area contributed by atoms with Crippen LogP contribution < -0.4 is 5.32 Å². The van der Waals surface area contributed by atoms with Crippen molar-refractivity contribution in [2.75, 3.05) is 5.32 Å². The Labute approximate surface area is 115 Å². The monoisotopic (exact) mass is 272 g/mol. The van der Waals surface area contributed by atoms with Gasteiger partial charge in [0.05, 0.1) is 0 Å². The average molecular weight is 272 g/mol. The molecule has 0 radical (unpaired) electrons. The Bertz CT molecular complexity index is 698. The third-order valence-corrected chi connectivity index (χ3v) is 2.90. The summed E-state index contributed by atoms with van der Waals surface area (Å²) < 4.78 is 3.30. The lowest BCUT2D eigenvalue weighted by atomic mass is 10.1. The molecule has 104 valence electrons. The highest BCUT2D eigenvalue weighted by atomic mass is 15.6. The molecule has 0 spiro atoms. The van der Waals surface area contributed by atoms with Gasteiger partial charge in [-0.3, -0.25) is 4.68 Å². The largest absolute Gasteiger partial charge is 0.322 e. The molecular weight excluding hydrogens is 256 g/mol. The van der Waals surface area contributed by atoms with Crippen LogP contribution in [0.15, 0.2) is 24.4 Å². The first-order valence-corrected chi connectivity index (χ1v) is 6.56. The Morgan fingerprint density at radius 3 is 2.85 bits per heavy atom. The lowest BCUT2D eigenvalue weighted by molar-refractivity contribution is 0.488. The summed E-state index contributed by atoms with van der Waals surface area (Å²) >= 11 is 0. The first-order valence-electron chi connectivity index (χ1n) is 6.56. The number of aromatic nitrogens is 7. The minimum Gasteiger partial charge on any atom is -0.322 e. The van der Waals surface area contributed by atoms with Gasteiger partial charge in [0.15, 0.2) is 17.3 Å². The molecule has 3 heterocycles. The van der Waals surface area contributed by atoms with Crippen LogP contribution in [-0.2, 0) is 6.54 Å². The number of hydrogen-bond acceptors (Lipinski definition) is 6. The summed E-state index contributed by atoms with van der Waals surface area (Å²) in [6.07, 6.45) is 3.07. The fourth-order valence-corrected chi connectivity index (χ4v) is 1.79. The van der Waals surface area contributed by atoms with E-state index in [9.17, 15) is 0 Å². The molecule has 0 amide bonds. The quantitative estimate of drug-likeness (QED) is 0.757. The molecule has 20 heavy (non-hydrogen) atoms. The first-order chi connectivity index (χ1) is 9.70. The van der Waals surface area contributed by atoms with E-state index in [-0.39, 0.29) is 0 Å². The molecule has 1 N–H and O–H groups in total. The third kappa shape index (κ3) is 2.73. The zero-order chi connectivity index (χ0) is 13.9. The Hall–Kier alpha value is -2.51. The summed E-state index contributed by atoms with van der Waals surface area (Å²) in [5.41, 5.74) is 0.609. The van der Waals surface area contributed by atoms with E-state index < -0.39 is 0 Å². The van der Waals surface area contributed by atoms with Crippen molar-refractivity contribution in [1.82, 2.24) is 35.0 Å². The zero-order valence-corrected chi connectivity index (χ0v) is 11.4. The molecule has 3 rings (SSSR count). The second-order valence-electron chi connectivity index (χ2n) is 5.02. The van der Waals surface area contributed by atoms with Crippen LogP contribution in [0.2, 0.25) is 0 Å². The Balaban J connectivity index is 1.70. The summed E-state index contributed by atoms with van der Waals surface area (Å²) in [5.74, 6) is 2.08. The molecule has 0 unspecified atom stereocenters. The molecule has 3 aromatic rings. The van der Waals surface area contributed by atoms with Gasteiger partial charge in [-0.1, -0.05) is 13.8 Å². The highest BCUT2D eigenvalue weighted by Gasteiger charge is 2.04. The lowest BCUT2D eigenvalue weighted by Gasteiger charge is -2.04. The van der Waals surface area contributed by atoms with Gasteiger partial charge in [-0.25, -0.2) is 0 Å². The van der Waals surface area contributed by atoms with E-state index in [0.29, 0.717) is 17.4 Å². The molecule has 0 aromatic carbocycles. The number of tetrazole rings is 1. The zero-order valence-electron chi connectivity index (χ0n) is 11.4. The van der Waals surface area contributed by atoms with Gasteiger partial charge in [0, 0.05) is 18.8 Å². The molecule has 3 aromatic heterocycles.